The molecule has 0 saturated heterocycles. The van der Waals surface area contributed by atoms with Gasteiger partial charge in [-0.15, -0.1) is 0 Å². The Balaban J connectivity index is 2.24. The molecule has 0 saturated carbocycles. The Morgan fingerprint density at radius 1 is 1.11 bits per heavy atom. The van der Waals surface area contributed by atoms with Crippen molar-refractivity contribution in [2.75, 3.05) is 0 Å². The number of halogens is 2. The van der Waals surface area contributed by atoms with E-state index in [1.165, 1.54) is 24.3 Å². The van der Waals surface area contributed by atoms with E-state index < -0.39 is 5.97 Å². The van der Waals surface area contributed by atoms with Gasteiger partial charge >= 0.3 is 5.97 Å². The number of rotatable bonds is 2. The largest absolute Gasteiger partial charge is 0.507 e. The number of aromatic hydroxyl groups is 1. The number of carbonyl (C=O) groups excluding carboxylic acids is 1. The van der Waals surface area contributed by atoms with Gasteiger partial charge in [0.25, 0.3) is 0 Å². The first-order chi connectivity index (χ1) is 8.58. The number of benzene rings is 2. The van der Waals surface area contributed by atoms with Gasteiger partial charge in [0.1, 0.15) is 17.1 Å². The minimum atomic E-state index is -0.683. The molecule has 0 aliphatic carbocycles. The minimum absolute atomic E-state index is 0.0727. The molecule has 0 unspecified atom stereocenters. The van der Waals surface area contributed by atoms with Crippen molar-refractivity contribution in [3.63, 3.8) is 0 Å². The van der Waals surface area contributed by atoms with Crippen molar-refractivity contribution in [3.8, 4) is 11.5 Å². The number of ether oxygens (including phenoxy) is 1. The predicted octanol–water partition coefficient (Wildman–Crippen LogP) is 3.92. The summed E-state index contributed by atoms with van der Waals surface area (Å²) in [5.41, 5.74) is 0.0727. The fourth-order valence-corrected chi connectivity index (χ4v) is 1.81. The summed E-state index contributed by atoms with van der Waals surface area (Å²) in [5, 5.41) is 10.2. The van der Waals surface area contributed by atoms with Crippen LogP contribution in [0.3, 0.4) is 0 Å². The molecule has 0 aromatic heterocycles. The lowest BCUT2D eigenvalue weighted by Gasteiger charge is -2.07. The molecular formula is C13H8Cl2O3. The van der Waals surface area contributed by atoms with E-state index in [1.54, 1.807) is 18.2 Å². The molecule has 2 aromatic carbocycles. The van der Waals surface area contributed by atoms with E-state index in [0.717, 1.165) is 0 Å². The minimum Gasteiger partial charge on any atom is -0.507 e. The molecule has 5 heteroatoms. The summed E-state index contributed by atoms with van der Waals surface area (Å²) in [6, 6.07) is 10.6. The quantitative estimate of drug-likeness (QED) is 0.671. The van der Waals surface area contributed by atoms with Gasteiger partial charge in [-0.25, -0.2) is 4.79 Å². The first-order valence-electron chi connectivity index (χ1n) is 5.03. The third-order valence-electron chi connectivity index (χ3n) is 2.22. The average molecular weight is 283 g/mol. The van der Waals surface area contributed by atoms with E-state index in [2.05, 4.69) is 0 Å². The highest BCUT2D eigenvalue weighted by molar-refractivity contribution is 6.35. The Kier molecular flexibility index (Phi) is 3.75. The molecule has 0 atom stereocenters. The van der Waals surface area contributed by atoms with Crippen molar-refractivity contribution in [3.05, 3.63) is 58.1 Å². The van der Waals surface area contributed by atoms with Gasteiger partial charge in [-0.05, 0) is 30.3 Å². The summed E-state index contributed by atoms with van der Waals surface area (Å²) in [6.45, 7) is 0. The molecule has 3 nitrogen and oxygen atoms in total. The maximum Gasteiger partial charge on any atom is 0.347 e. The van der Waals surface area contributed by atoms with Crippen LogP contribution in [-0.4, -0.2) is 11.1 Å². The van der Waals surface area contributed by atoms with Gasteiger partial charge in [-0.3, -0.25) is 0 Å². The predicted molar refractivity (Wildman–Crippen MR) is 69.5 cm³/mol. The Morgan fingerprint density at radius 3 is 2.50 bits per heavy atom. The van der Waals surface area contributed by atoms with Crippen LogP contribution >= 0.6 is 23.2 Å². The summed E-state index contributed by atoms with van der Waals surface area (Å²) >= 11 is 11.6. The molecule has 0 bridgehead atoms. The lowest BCUT2D eigenvalue weighted by atomic mass is 10.2. The standard InChI is InChI=1S/C13H8Cl2O3/c14-8-5-6-12(10(15)7-8)18-13(17)9-3-1-2-4-11(9)16/h1-7,16H. The monoisotopic (exact) mass is 282 g/mol. The van der Waals surface area contributed by atoms with Crippen molar-refractivity contribution in [2.24, 2.45) is 0 Å². The molecule has 0 radical (unpaired) electrons. The van der Waals surface area contributed by atoms with Gasteiger partial charge in [0.15, 0.2) is 0 Å². The van der Waals surface area contributed by atoms with Crippen LogP contribution in [0.25, 0.3) is 0 Å². The van der Waals surface area contributed by atoms with Gasteiger partial charge in [-0.2, -0.15) is 0 Å². The van der Waals surface area contributed by atoms with E-state index in [9.17, 15) is 9.90 Å². The van der Waals surface area contributed by atoms with E-state index in [1.807, 2.05) is 0 Å². The number of carbonyl (C=O) groups is 1. The van der Waals surface area contributed by atoms with Crippen LogP contribution in [0.15, 0.2) is 42.5 Å². The van der Waals surface area contributed by atoms with E-state index in [0.29, 0.717) is 5.02 Å². The van der Waals surface area contributed by atoms with Crippen molar-refractivity contribution < 1.29 is 14.6 Å². The third-order valence-corrected chi connectivity index (χ3v) is 2.75. The molecule has 1 N–H and O–H groups in total. The summed E-state index contributed by atoms with van der Waals surface area (Å²) in [4.78, 5) is 11.8. The summed E-state index contributed by atoms with van der Waals surface area (Å²) in [7, 11) is 0. The zero-order valence-electron chi connectivity index (χ0n) is 9.06. The molecule has 0 fully saturated rings. The summed E-state index contributed by atoms with van der Waals surface area (Å²) in [6.07, 6.45) is 0. The third kappa shape index (κ3) is 2.75. The Hall–Kier alpha value is -1.71. The van der Waals surface area contributed by atoms with Gasteiger partial charge in [-0.1, -0.05) is 35.3 Å². The summed E-state index contributed by atoms with van der Waals surface area (Å²) in [5.74, 6) is -0.640. The number of hydrogen-bond donors (Lipinski definition) is 1. The van der Waals surface area contributed by atoms with Crippen molar-refractivity contribution in [1.29, 1.82) is 0 Å². The van der Waals surface area contributed by atoms with Crippen LogP contribution in [0, 0.1) is 0 Å². The number of para-hydroxylation sites is 1. The second-order valence-electron chi connectivity index (χ2n) is 3.48. The summed E-state index contributed by atoms with van der Waals surface area (Å²) < 4.78 is 5.08. The normalized spacial score (nSPS) is 10.1. The van der Waals surface area contributed by atoms with Crippen molar-refractivity contribution in [1.82, 2.24) is 0 Å². The molecule has 0 spiro atoms. The topological polar surface area (TPSA) is 46.5 Å². The maximum absolute atomic E-state index is 11.8. The van der Waals surface area contributed by atoms with Crippen LogP contribution in [0.2, 0.25) is 10.0 Å². The van der Waals surface area contributed by atoms with Crippen LogP contribution in [0.1, 0.15) is 10.4 Å². The van der Waals surface area contributed by atoms with Gasteiger partial charge in [0.05, 0.1) is 5.02 Å². The molecule has 0 aliphatic rings. The molecule has 0 amide bonds. The second kappa shape index (κ2) is 5.29. The maximum atomic E-state index is 11.8. The fourth-order valence-electron chi connectivity index (χ4n) is 1.36. The van der Waals surface area contributed by atoms with Crippen LogP contribution in [0.4, 0.5) is 0 Å². The highest BCUT2D eigenvalue weighted by Gasteiger charge is 2.14. The van der Waals surface area contributed by atoms with Crippen LogP contribution in [-0.2, 0) is 0 Å². The van der Waals surface area contributed by atoms with Crippen LogP contribution in [0.5, 0.6) is 11.5 Å². The number of esters is 1. The Bertz CT molecular complexity index is 597. The van der Waals surface area contributed by atoms with Crippen molar-refractivity contribution >= 4 is 29.2 Å². The first kappa shape index (κ1) is 12.7. The number of phenols is 1. The molecule has 92 valence electrons. The zero-order chi connectivity index (χ0) is 13.1. The Morgan fingerprint density at radius 2 is 1.83 bits per heavy atom. The molecule has 0 aliphatic heterocycles. The molecule has 0 heterocycles. The van der Waals surface area contributed by atoms with E-state index in [4.69, 9.17) is 27.9 Å². The molecule has 18 heavy (non-hydrogen) atoms. The highest BCUT2D eigenvalue weighted by atomic mass is 35.5. The average Bonchev–Trinajstić information content (AvgIpc) is 2.33. The smallest absolute Gasteiger partial charge is 0.347 e. The van der Waals surface area contributed by atoms with Gasteiger partial charge in [0, 0.05) is 5.02 Å². The molecular weight excluding hydrogens is 275 g/mol. The lowest BCUT2D eigenvalue weighted by Crippen LogP contribution is -2.08. The molecule has 2 aromatic rings. The lowest BCUT2D eigenvalue weighted by molar-refractivity contribution is 0.0732. The van der Waals surface area contributed by atoms with E-state index >= 15 is 0 Å². The van der Waals surface area contributed by atoms with Gasteiger partial charge in [0.2, 0.25) is 0 Å². The van der Waals surface area contributed by atoms with Crippen molar-refractivity contribution in [2.45, 2.75) is 0 Å². The fraction of sp³-hybridized carbons (Fsp3) is 0. The molecule has 2 rings (SSSR count). The zero-order valence-corrected chi connectivity index (χ0v) is 10.6. The van der Waals surface area contributed by atoms with Gasteiger partial charge < -0.3 is 9.84 Å². The highest BCUT2D eigenvalue weighted by Crippen LogP contribution is 2.29. The number of hydrogen-bond acceptors (Lipinski definition) is 3. The Labute approximate surface area is 114 Å². The van der Waals surface area contributed by atoms with Crippen LogP contribution < -0.4 is 4.74 Å². The SMILES string of the molecule is O=C(Oc1ccc(Cl)cc1Cl)c1ccccc1O. The first-order valence-corrected chi connectivity index (χ1v) is 5.79. The van der Waals surface area contributed by atoms with E-state index in [-0.39, 0.29) is 22.1 Å². The second-order valence-corrected chi connectivity index (χ2v) is 4.33. The number of phenolic OH excluding ortho intramolecular Hbond substituents is 1.